The lowest BCUT2D eigenvalue weighted by Gasteiger charge is -2.15. The van der Waals surface area contributed by atoms with Crippen LogP contribution in [-0.2, 0) is 0 Å². The molecule has 1 aliphatic rings. The average molecular weight is 295 g/mol. The molecule has 20 heavy (non-hydrogen) atoms. The summed E-state index contributed by atoms with van der Waals surface area (Å²) in [6.07, 6.45) is 1.74. The maximum Gasteiger partial charge on any atom is 0.297 e. The van der Waals surface area contributed by atoms with E-state index in [2.05, 4.69) is 21.5 Å². The minimum atomic E-state index is -2.66. The molecule has 3 nitrogen and oxygen atoms in total. The Kier molecular flexibility index (Phi) is 3.50. The number of alkyl halides is 2. The van der Waals surface area contributed by atoms with Crippen molar-refractivity contribution in [2.75, 3.05) is 18.1 Å². The Morgan fingerprint density at radius 2 is 2.05 bits per heavy atom. The quantitative estimate of drug-likeness (QED) is 0.908. The lowest BCUT2D eigenvalue weighted by atomic mass is 10.2. The van der Waals surface area contributed by atoms with Gasteiger partial charge in [-0.15, -0.1) is 0 Å². The first-order valence-electron chi connectivity index (χ1n) is 6.47. The first kappa shape index (κ1) is 13.5. The fraction of sp³-hybridized carbons (Fsp3) is 0.429. The molecule has 0 saturated heterocycles. The van der Waals surface area contributed by atoms with Crippen LogP contribution in [0.15, 0.2) is 24.3 Å². The number of hydrogen-bond acceptors (Lipinski definition) is 4. The molecule has 0 bridgehead atoms. The first-order valence-corrected chi connectivity index (χ1v) is 7.70. The van der Waals surface area contributed by atoms with Crippen molar-refractivity contribution in [1.82, 2.24) is 9.97 Å². The standard InChI is InChI=1S/C14H15F2N3S/c1-20-14(6-7-14)8-17-12-9-4-2-3-5-10(9)18-13(19-12)11(15)16/h2-5,11H,6-8H2,1H3,(H,17,18,19). The van der Waals surface area contributed by atoms with Gasteiger partial charge in [-0.2, -0.15) is 11.8 Å². The second-order valence-electron chi connectivity index (χ2n) is 4.99. The van der Waals surface area contributed by atoms with Gasteiger partial charge in [-0.3, -0.25) is 0 Å². The molecule has 0 atom stereocenters. The third kappa shape index (κ3) is 2.57. The summed E-state index contributed by atoms with van der Waals surface area (Å²) in [7, 11) is 0. The predicted molar refractivity (Wildman–Crippen MR) is 78.5 cm³/mol. The second-order valence-corrected chi connectivity index (χ2v) is 6.26. The number of thioether (sulfide) groups is 1. The largest absolute Gasteiger partial charge is 0.368 e. The molecule has 0 unspecified atom stereocenters. The van der Waals surface area contributed by atoms with Gasteiger partial charge in [-0.05, 0) is 31.2 Å². The predicted octanol–water partition coefficient (Wildman–Crippen LogP) is 3.87. The average Bonchev–Trinajstić information content (AvgIpc) is 3.25. The van der Waals surface area contributed by atoms with Crippen molar-refractivity contribution in [2.45, 2.75) is 24.0 Å². The fourth-order valence-corrected chi connectivity index (χ4v) is 2.89. The lowest BCUT2D eigenvalue weighted by molar-refractivity contribution is 0.141. The first-order chi connectivity index (χ1) is 9.63. The molecule has 3 rings (SSSR count). The van der Waals surface area contributed by atoms with Crippen molar-refractivity contribution in [3.05, 3.63) is 30.1 Å². The van der Waals surface area contributed by atoms with Crippen LogP contribution in [0.25, 0.3) is 10.9 Å². The van der Waals surface area contributed by atoms with Crippen molar-refractivity contribution < 1.29 is 8.78 Å². The van der Waals surface area contributed by atoms with Gasteiger partial charge >= 0.3 is 0 Å². The van der Waals surface area contributed by atoms with Crippen LogP contribution in [0.1, 0.15) is 25.1 Å². The van der Waals surface area contributed by atoms with Gasteiger partial charge in [0.25, 0.3) is 6.43 Å². The summed E-state index contributed by atoms with van der Waals surface area (Å²) in [5.41, 5.74) is 0.550. The van der Waals surface area contributed by atoms with Gasteiger partial charge in [0.15, 0.2) is 5.82 Å². The fourth-order valence-electron chi connectivity index (χ4n) is 2.16. The number of nitrogens with zero attached hydrogens (tertiary/aromatic N) is 2. The normalized spacial score (nSPS) is 16.6. The van der Waals surface area contributed by atoms with Crippen molar-refractivity contribution in [3.63, 3.8) is 0 Å². The zero-order valence-electron chi connectivity index (χ0n) is 11.1. The van der Waals surface area contributed by atoms with E-state index < -0.39 is 12.2 Å². The van der Waals surface area contributed by atoms with Crippen molar-refractivity contribution >= 4 is 28.5 Å². The molecule has 1 aromatic carbocycles. The Labute approximate surface area is 120 Å². The third-order valence-corrected chi connectivity index (χ3v) is 5.05. The van der Waals surface area contributed by atoms with Crippen molar-refractivity contribution in [2.24, 2.45) is 0 Å². The molecule has 0 radical (unpaired) electrons. The van der Waals surface area contributed by atoms with Crippen molar-refractivity contribution in [3.8, 4) is 0 Å². The number of hydrogen-bond donors (Lipinski definition) is 1. The molecule has 106 valence electrons. The molecule has 1 fully saturated rings. The highest BCUT2D eigenvalue weighted by Crippen LogP contribution is 2.47. The van der Waals surface area contributed by atoms with Gasteiger partial charge in [0.05, 0.1) is 5.52 Å². The summed E-state index contributed by atoms with van der Waals surface area (Å²) in [5.74, 6) is 0.0893. The number of rotatable bonds is 5. The van der Waals surface area contributed by atoms with Gasteiger partial charge in [-0.25, -0.2) is 18.7 Å². The van der Waals surface area contributed by atoms with Gasteiger partial charge in [0.2, 0.25) is 0 Å². The Hall–Kier alpha value is -1.43. The van der Waals surface area contributed by atoms with Crippen LogP contribution in [0.4, 0.5) is 14.6 Å². The summed E-state index contributed by atoms with van der Waals surface area (Å²) in [6.45, 7) is 0.748. The zero-order chi connectivity index (χ0) is 14.2. The van der Waals surface area contributed by atoms with Crippen LogP contribution < -0.4 is 5.32 Å². The third-order valence-electron chi connectivity index (χ3n) is 3.63. The molecular formula is C14H15F2N3S. The van der Waals surface area contributed by atoms with Gasteiger partial charge in [-0.1, -0.05) is 12.1 Å². The zero-order valence-corrected chi connectivity index (χ0v) is 11.9. The molecule has 2 aromatic rings. The van der Waals surface area contributed by atoms with Crippen LogP contribution >= 0.6 is 11.8 Å². The number of halogens is 2. The Balaban J connectivity index is 1.95. The Morgan fingerprint density at radius 3 is 2.70 bits per heavy atom. The van der Waals surface area contributed by atoms with E-state index in [1.165, 1.54) is 0 Å². The van der Waals surface area contributed by atoms with E-state index in [1.54, 1.807) is 12.1 Å². The summed E-state index contributed by atoms with van der Waals surface area (Å²) >= 11 is 1.82. The topological polar surface area (TPSA) is 37.8 Å². The number of nitrogens with one attached hydrogen (secondary N) is 1. The number of para-hydroxylation sites is 1. The van der Waals surface area contributed by atoms with Crippen molar-refractivity contribution in [1.29, 1.82) is 0 Å². The summed E-state index contributed by atoms with van der Waals surface area (Å²) in [5, 5.41) is 4.02. The number of benzene rings is 1. The number of anilines is 1. The van der Waals surface area contributed by atoms with E-state index in [9.17, 15) is 8.78 Å². The van der Waals surface area contributed by atoms with E-state index in [1.807, 2.05) is 23.9 Å². The SMILES string of the molecule is CSC1(CNc2nc(C(F)F)nc3ccccc23)CC1. The van der Waals surface area contributed by atoms with Crippen LogP contribution in [0.2, 0.25) is 0 Å². The van der Waals surface area contributed by atoms with E-state index in [-0.39, 0.29) is 4.75 Å². The summed E-state index contributed by atoms with van der Waals surface area (Å²) in [4.78, 5) is 7.89. The van der Waals surface area contributed by atoms with Crippen LogP contribution in [0.5, 0.6) is 0 Å². The molecule has 0 amide bonds. The smallest absolute Gasteiger partial charge is 0.297 e. The van der Waals surface area contributed by atoms with Crippen LogP contribution in [0.3, 0.4) is 0 Å². The molecule has 1 aliphatic carbocycles. The summed E-state index contributed by atoms with van der Waals surface area (Å²) < 4.78 is 26.0. The highest BCUT2D eigenvalue weighted by molar-refractivity contribution is 8.00. The molecule has 0 aliphatic heterocycles. The van der Waals surface area contributed by atoms with Gasteiger partial charge in [0, 0.05) is 16.7 Å². The molecule has 0 spiro atoms. The highest BCUT2D eigenvalue weighted by atomic mass is 32.2. The summed E-state index contributed by atoms with van der Waals surface area (Å²) in [6, 6.07) is 7.24. The Bertz CT molecular complexity index is 629. The van der Waals surface area contributed by atoms with Crippen LogP contribution in [-0.4, -0.2) is 27.5 Å². The van der Waals surface area contributed by atoms with E-state index >= 15 is 0 Å². The van der Waals surface area contributed by atoms with Gasteiger partial charge < -0.3 is 5.32 Å². The maximum atomic E-state index is 12.9. The minimum Gasteiger partial charge on any atom is -0.368 e. The molecule has 1 N–H and O–H groups in total. The number of aromatic nitrogens is 2. The molecule has 1 saturated carbocycles. The minimum absolute atomic E-state index is 0.247. The monoisotopic (exact) mass is 295 g/mol. The van der Waals surface area contributed by atoms with E-state index in [0.717, 1.165) is 24.8 Å². The lowest BCUT2D eigenvalue weighted by Crippen LogP contribution is -2.18. The van der Waals surface area contributed by atoms with Crippen LogP contribution in [0, 0.1) is 0 Å². The molecule has 1 heterocycles. The molecular weight excluding hydrogens is 280 g/mol. The van der Waals surface area contributed by atoms with Gasteiger partial charge in [0.1, 0.15) is 5.82 Å². The Morgan fingerprint density at radius 1 is 1.30 bits per heavy atom. The molecule has 1 aromatic heterocycles. The van der Waals surface area contributed by atoms with E-state index in [0.29, 0.717) is 11.3 Å². The maximum absolute atomic E-state index is 12.9. The second kappa shape index (κ2) is 5.16. The van der Waals surface area contributed by atoms with E-state index in [4.69, 9.17) is 0 Å². The number of fused-ring (bicyclic) bond motifs is 1. The molecule has 6 heteroatoms. The highest BCUT2D eigenvalue weighted by Gasteiger charge is 2.41.